The Morgan fingerprint density at radius 3 is 2.33 bits per heavy atom. The topological polar surface area (TPSA) is 39.7 Å². The lowest BCUT2D eigenvalue weighted by Gasteiger charge is -2.27. The highest BCUT2D eigenvalue weighted by Crippen LogP contribution is 2.29. The summed E-state index contributed by atoms with van der Waals surface area (Å²) in [6.45, 7) is 4.93. The van der Waals surface area contributed by atoms with Crippen LogP contribution in [0.1, 0.15) is 24.1 Å². The van der Waals surface area contributed by atoms with Crippen molar-refractivity contribution in [2.24, 2.45) is 0 Å². The van der Waals surface area contributed by atoms with E-state index >= 15 is 0 Å². The fourth-order valence-electron chi connectivity index (χ4n) is 2.04. The van der Waals surface area contributed by atoms with Gasteiger partial charge in [0.1, 0.15) is 5.75 Å². The van der Waals surface area contributed by atoms with E-state index in [-0.39, 0.29) is 12.3 Å². The van der Waals surface area contributed by atoms with Gasteiger partial charge in [0.2, 0.25) is 0 Å². The molecule has 0 radical (unpaired) electrons. The number of rotatable bonds is 7. The van der Waals surface area contributed by atoms with Crippen molar-refractivity contribution in [3.63, 3.8) is 0 Å². The number of aryl methyl sites for hydroxylation is 1. The smallest absolute Gasteiger partial charge is 0.176 e. The Morgan fingerprint density at radius 2 is 1.83 bits per heavy atom. The zero-order valence-corrected chi connectivity index (χ0v) is 11.8. The maximum atomic E-state index is 5.42. The van der Waals surface area contributed by atoms with E-state index in [2.05, 4.69) is 25.2 Å². The number of ether oxygens (including phenoxy) is 3. The first-order chi connectivity index (χ1) is 8.67. The summed E-state index contributed by atoms with van der Waals surface area (Å²) >= 11 is 0. The van der Waals surface area contributed by atoms with Crippen molar-refractivity contribution >= 4 is 0 Å². The van der Waals surface area contributed by atoms with Crippen LogP contribution >= 0.6 is 0 Å². The van der Waals surface area contributed by atoms with Crippen LogP contribution in [0.2, 0.25) is 0 Å². The monoisotopic (exact) mass is 253 g/mol. The lowest BCUT2D eigenvalue weighted by atomic mass is 10.0. The maximum absolute atomic E-state index is 5.42. The Labute approximate surface area is 109 Å². The molecule has 0 aliphatic carbocycles. The summed E-state index contributed by atoms with van der Waals surface area (Å²) in [4.78, 5) is 0. The van der Waals surface area contributed by atoms with Gasteiger partial charge in [-0.15, -0.1) is 0 Å². The van der Waals surface area contributed by atoms with Gasteiger partial charge in [-0.25, -0.2) is 0 Å². The fourth-order valence-corrected chi connectivity index (χ4v) is 2.04. The minimum atomic E-state index is -0.347. The molecule has 1 aromatic carbocycles. The van der Waals surface area contributed by atoms with Crippen LogP contribution < -0.4 is 10.1 Å². The van der Waals surface area contributed by atoms with Gasteiger partial charge in [0, 0.05) is 19.8 Å². The summed E-state index contributed by atoms with van der Waals surface area (Å²) in [7, 11) is 4.95. The van der Waals surface area contributed by atoms with Gasteiger partial charge in [-0.1, -0.05) is 24.6 Å². The molecule has 0 amide bonds. The second kappa shape index (κ2) is 7.36. The Bertz CT molecular complexity index is 364. The van der Waals surface area contributed by atoms with Gasteiger partial charge in [-0.2, -0.15) is 0 Å². The van der Waals surface area contributed by atoms with Gasteiger partial charge in [0.15, 0.2) is 6.29 Å². The van der Waals surface area contributed by atoms with Crippen molar-refractivity contribution in [3.8, 4) is 5.75 Å². The number of likely N-dealkylation sites (N-methyl/N-ethyl adjacent to an activating group) is 1. The summed E-state index contributed by atoms with van der Waals surface area (Å²) in [5.41, 5.74) is 2.23. The number of benzene rings is 1. The molecule has 1 N–H and O–H groups in total. The van der Waals surface area contributed by atoms with Crippen LogP contribution in [-0.4, -0.2) is 34.2 Å². The van der Waals surface area contributed by atoms with Gasteiger partial charge in [-0.3, -0.25) is 0 Å². The van der Waals surface area contributed by atoms with Crippen molar-refractivity contribution in [1.29, 1.82) is 0 Å². The van der Waals surface area contributed by atoms with E-state index in [9.17, 15) is 0 Å². The number of hydrogen-bond acceptors (Lipinski definition) is 4. The summed E-state index contributed by atoms with van der Waals surface area (Å²) in [6.07, 6.45) is -0.347. The van der Waals surface area contributed by atoms with Crippen molar-refractivity contribution in [2.75, 3.05) is 27.9 Å². The molecule has 0 fully saturated rings. The Kier molecular flexibility index (Phi) is 6.12. The summed E-state index contributed by atoms with van der Waals surface area (Å²) < 4.78 is 16.2. The van der Waals surface area contributed by atoms with E-state index in [1.165, 1.54) is 5.56 Å². The molecule has 1 aromatic rings. The van der Waals surface area contributed by atoms with Crippen LogP contribution in [0.3, 0.4) is 0 Å². The molecule has 1 atom stereocenters. The molecule has 1 rings (SSSR count). The van der Waals surface area contributed by atoms with E-state index in [1.54, 1.807) is 21.3 Å². The molecule has 0 aromatic heterocycles. The third kappa shape index (κ3) is 3.45. The largest absolute Gasteiger partial charge is 0.496 e. The molecule has 0 aliphatic heterocycles. The molecule has 0 aliphatic rings. The molecule has 0 spiro atoms. The van der Waals surface area contributed by atoms with Crippen LogP contribution in [0.25, 0.3) is 0 Å². The van der Waals surface area contributed by atoms with Gasteiger partial charge >= 0.3 is 0 Å². The van der Waals surface area contributed by atoms with Crippen LogP contribution in [0, 0.1) is 6.92 Å². The standard InChI is InChI=1S/C14H23NO3/c1-6-15-13(14(17-4)18-5)11-9-10(2)7-8-12(11)16-3/h7-9,13-15H,6H2,1-5H3. The van der Waals surface area contributed by atoms with E-state index in [4.69, 9.17) is 14.2 Å². The quantitative estimate of drug-likeness (QED) is 0.757. The normalized spacial score (nSPS) is 12.8. The van der Waals surface area contributed by atoms with Crippen LogP contribution in [0.4, 0.5) is 0 Å². The average Bonchev–Trinajstić information content (AvgIpc) is 2.39. The molecule has 0 bridgehead atoms. The molecular formula is C14H23NO3. The lowest BCUT2D eigenvalue weighted by Crippen LogP contribution is -2.34. The molecule has 18 heavy (non-hydrogen) atoms. The maximum Gasteiger partial charge on any atom is 0.176 e. The van der Waals surface area contributed by atoms with Crippen molar-refractivity contribution in [1.82, 2.24) is 5.32 Å². The van der Waals surface area contributed by atoms with E-state index in [0.29, 0.717) is 0 Å². The third-order valence-electron chi connectivity index (χ3n) is 2.88. The van der Waals surface area contributed by atoms with Crippen LogP contribution in [0.5, 0.6) is 5.75 Å². The molecule has 4 heteroatoms. The average molecular weight is 253 g/mol. The van der Waals surface area contributed by atoms with Crippen molar-refractivity contribution in [3.05, 3.63) is 29.3 Å². The fraction of sp³-hybridized carbons (Fsp3) is 0.571. The number of nitrogens with one attached hydrogen (secondary N) is 1. The molecule has 0 saturated carbocycles. The molecule has 0 saturated heterocycles. The highest BCUT2D eigenvalue weighted by Gasteiger charge is 2.25. The number of hydrogen-bond donors (Lipinski definition) is 1. The highest BCUT2D eigenvalue weighted by atomic mass is 16.7. The van der Waals surface area contributed by atoms with Gasteiger partial charge in [0.05, 0.1) is 13.2 Å². The zero-order valence-electron chi connectivity index (χ0n) is 11.8. The van der Waals surface area contributed by atoms with Crippen molar-refractivity contribution in [2.45, 2.75) is 26.2 Å². The zero-order chi connectivity index (χ0) is 13.5. The third-order valence-corrected chi connectivity index (χ3v) is 2.88. The SMILES string of the molecule is CCNC(c1cc(C)ccc1OC)C(OC)OC. The summed E-state index contributed by atoms with van der Waals surface area (Å²) in [5.74, 6) is 0.839. The minimum Gasteiger partial charge on any atom is -0.496 e. The minimum absolute atomic E-state index is 0.0557. The summed E-state index contributed by atoms with van der Waals surface area (Å²) in [5, 5.41) is 3.37. The summed E-state index contributed by atoms with van der Waals surface area (Å²) in [6, 6.07) is 6.04. The lowest BCUT2D eigenvalue weighted by molar-refractivity contribution is -0.124. The molecular weight excluding hydrogens is 230 g/mol. The predicted molar refractivity (Wildman–Crippen MR) is 72.0 cm³/mol. The van der Waals surface area contributed by atoms with Crippen LogP contribution in [0.15, 0.2) is 18.2 Å². The molecule has 0 heterocycles. The highest BCUT2D eigenvalue weighted by molar-refractivity contribution is 5.39. The number of methoxy groups -OCH3 is 3. The van der Waals surface area contributed by atoms with Crippen LogP contribution in [-0.2, 0) is 9.47 Å². The molecule has 4 nitrogen and oxygen atoms in total. The van der Waals surface area contributed by atoms with Crippen molar-refractivity contribution < 1.29 is 14.2 Å². The first-order valence-electron chi connectivity index (χ1n) is 6.11. The van der Waals surface area contributed by atoms with Gasteiger partial charge < -0.3 is 19.5 Å². The first-order valence-corrected chi connectivity index (χ1v) is 6.11. The van der Waals surface area contributed by atoms with Gasteiger partial charge in [0.25, 0.3) is 0 Å². The van der Waals surface area contributed by atoms with Gasteiger partial charge in [-0.05, 0) is 19.5 Å². The molecule has 102 valence electrons. The Balaban J connectivity index is 3.14. The Hall–Kier alpha value is -1.10. The second-order valence-electron chi connectivity index (χ2n) is 4.12. The van der Waals surface area contributed by atoms with E-state index < -0.39 is 0 Å². The molecule has 1 unspecified atom stereocenters. The second-order valence-corrected chi connectivity index (χ2v) is 4.12. The predicted octanol–water partition coefficient (Wildman–Crippen LogP) is 2.27. The van der Waals surface area contributed by atoms with E-state index in [1.807, 2.05) is 12.1 Å². The van der Waals surface area contributed by atoms with E-state index in [0.717, 1.165) is 17.9 Å². The Morgan fingerprint density at radius 1 is 1.17 bits per heavy atom. The first kappa shape index (κ1) is 15.0.